The molecule has 0 unspecified atom stereocenters. The lowest BCUT2D eigenvalue weighted by molar-refractivity contribution is -0.141. The standard InChI is InChI=1S/C25H28N2O7/c1-16(2)14-32-20-7-5-19(6-8-20)24(29)27-21(25(30)26-10-11-31-17(3)28)12-18-4-9-22-23(13-18)34-15-33-22/h4-9,12-13,16H,10-11,14-15H2,1-3H3,(H,26,30)(H,27,29). The van der Waals surface area contributed by atoms with Crippen molar-refractivity contribution in [2.24, 2.45) is 5.92 Å². The van der Waals surface area contributed by atoms with Crippen LogP contribution in [0, 0.1) is 5.92 Å². The molecule has 0 spiro atoms. The molecule has 0 radical (unpaired) electrons. The summed E-state index contributed by atoms with van der Waals surface area (Å²) < 4.78 is 21.2. The Morgan fingerprint density at radius 3 is 2.50 bits per heavy atom. The van der Waals surface area contributed by atoms with E-state index in [-0.39, 0.29) is 25.6 Å². The minimum absolute atomic E-state index is 0.0180. The fourth-order valence-corrected chi connectivity index (χ4v) is 2.94. The number of hydrogen-bond acceptors (Lipinski definition) is 7. The quantitative estimate of drug-likeness (QED) is 0.313. The van der Waals surface area contributed by atoms with Gasteiger partial charge in [-0.2, -0.15) is 0 Å². The molecule has 0 saturated heterocycles. The van der Waals surface area contributed by atoms with Gasteiger partial charge in [-0.25, -0.2) is 0 Å². The first-order valence-electron chi connectivity index (χ1n) is 10.9. The number of benzene rings is 2. The maximum absolute atomic E-state index is 12.8. The highest BCUT2D eigenvalue weighted by molar-refractivity contribution is 6.05. The molecular weight excluding hydrogens is 440 g/mol. The molecule has 9 heteroatoms. The van der Waals surface area contributed by atoms with E-state index in [1.807, 2.05) is 13.8 Å². The van der Waals surface area contributed by atoms with Crippen LogP contribution in [0.4, 0.5) is 0 Å². The molecule has 2 N–H and O–H groups in total. The van der Waals surface area contributed by atoms with E-state index in [1.165, 1.54) is 13.0 Å². The number of ether oxygens (including phenoxy) is 4. The summed E-state index contributed by atoms with van der Waals surface area (Å²) in [5.41, 5.74) is 1.01. The van der Waals surface area contributed by atoms with E-state index in [0.29, 0.717) is 40.9 Å². The Balaban J connectivity index is 1.74. The Morgan fingerprint density at radius 2 is 1.79 bits per heavy atom. The van der Waals surface area contributed by atoms with E-state index in [9.17, 15) is 14.4 Å². The van der Waals surface area contributed by atoms with Gasteiger partial charge in [-0.3, -0.25) is 14.4 Å². The number of carbonyl (C=O) groups excluding carboxylic acids is 3. The molecule has 2 aromatic carbocycles. The van der Waals surface area contributed by atoms with Gasteiger partial charge < -0.3 is 29.6 Å². The van der Waals surface area contributed by atoms with Crippen molar-refractivity contribution in [1.29, 1.82) is 0 Å². The lowest BCUT2D eigenvalue weighted by Gasteiger charge is -2.12. The van der Waals surface area contributed by atoms with Gasteiger partial charge in [-0.15, -0.1) is 0 Å². The maximum atomic E-state index is 12.8. The lowest BCUT2D eigenvalue weighted by atomic mass is 10.1. The van der Waals surface area contributed by atoms with Crippen LogP contribution in [0.5, 0.6) is 17.2 Å². The first-order chi connectivity index (χ1) is 16.3. The molecular formula is C25H28N2O7. The van der Waals surface area contributed by atoms with Crippen molar-refractivity contribution in [2.45, 2.75) is 20.8 Å². The molecule has 9 nitrogen and oxygen atoms in total. The molecule has 0 aromatic heterocycles. The number of esters is 1. The molecule has 1 heterocycles. The zero-order chi connectivity index (χ0) is 24.5. The molecule has 180 valence electrons. The third kappa shape index (κ3) is 7.26. The van der Waals surface area contributed by atoms with Crippen LogP contribution in [0.3, 0.4) is 0 Å². The SMILES string of the molecule is CC(=O)OCCNC(=O)C(=Cc1ccc2c(c1)OCO2)NC(=O)c1ccc(OCC(C)C)cc1. The Bertz CT molecular complexity index is 1060. The molecule has 2 aromatic rings. The van der Waals surface area contributed by atoms with Gasteiger partial charge in [-0.1, -0.05) is 19.9 Å². The van der Waals surface area contributed by atoms with Crippen molar-refractivity contribution in [3.63, 3.8) is 0 Å². The van der Waals surface area contributed by atoms with Gasteiger partial charge in [0.25, 0.3) is 11.8 Å². The van der Waals surface area contributed by atoms with E-state index in [4.69, 9.17) is 18.9 Å². The van der Waals surface area contributed by atoms with Crippen molar-refractivity contribution in [3.8, 4) is 17.2 Å². The highest BCUT2D eigenvalue weighted by Gasteiger charge is 2.17. The van der Waals surface area contributed by atoms with Crippen LogP contribution in [-0.2, 0) is 14.3 Å². The second-order valence-corrected chi connectivity index (χ2v) is 7.95. The third-order valence-electron chi connectivity index (χ3n) is 4.59. The predicted octanol–water partition coefficient (Wildman–Crippen LogP) is 2.90. The number of carbonyl (C=O) groups is 3. The molecule has 0 bridgehead atoms. The molecule has 0 fully saturated rings. The second kappa shape index (κ2) is 11.7. The smallest absolute Gasteiger partial charge is 0.302 e. The fraction of sp³-hybridized carbons (Fsp3) is 0.320. The van der Waals surface area contributed by atoms with Crippen molar-refractivity contribution in [1.82, 2.24) is 10.6 Å². The van der Waals surface area contributed by atoms with Gasteiger partial charge in [-0.05, 0) is 54.0 Å². The van der Waals surface area contributed by atoms with Crippen molar-refractivity contribution in [2.75, 3.05) is 26.6 Å². The predicted molar refractivity (Wildman–Crippen MR) is 124 cm³/mol. The van der Waals surface area contributed by atoms with Gasteiger partial charge in [0.2, 0.25) is 6.79 Å². The molecule has 2 amide bonds. The first kappa shape index (κ1) is 24.6. The summed E-state index contributed by atoms with van der Waals surface area (Å²) in [6.07, 6.45) is 1.53. The molecule has 1 aliphatic heterocycles. The number of hydrogen-bond donors (Lipinski definition) is 2. The highest BCUT2D eigenvalue weighted by Crippen LogP contribution is 2.33. The van der Waals surface area contributed by atoms with Gasteiger partial charge >= 0.3 is 5.97 Å². The Hall–Kier alpha value is -4.01. The normalized spacial score (nSPS) is 12.3. The molecule has 0 atom stereocenters. The first-order valence-corrected chi connectivity index (χ1v) is 10.9. The van der Waals surface area contributed by atoms with Gasteiger partial charge in [0, 0.05) is 12.5 Å². The molecule has 0 saturated carbocycles. The summed E-state index contributed by atoms with van der Waals surface area (Å²) in [4.78, 5) is 36.6. The number of fused-ring (bicyclic) bond motifs is 1. The minimum atomic E-state index is -0.532. The molecule has 34 heavy (non-hydrogen) atoms. The van der Waals surface area contributed by atoms with Crippen LogP contribution in [0.2, 0.25) is 0 Å². The van der Waals surface area contributed by atoms with Crippen LogP contribution in [0.15, 0.2) is 48.2 Å². The summed E-state index contributed by atoms with van der Waals surface area (Å²) in [5.74, 6) is 0.753. The van der Waals surface area contributed by atoms with Crippen molar-refractivity contribution < 1.29 is 33.3 Å². The maximum Gasteiger partial charge on any atom is 0.302 e. The Labute approximate surface area is 198 Å². The average Bonchev–Trinajstić information content (AvgIpc) is 3.28. The van der Waals surface area contributed by atoms with Crippen molar-refractivity contribution >= 4 is 23.9 Å². The van der Waals surface area contributed by atoms with Crippen LogP contribution < -0.4 is 24.8 Å². The Kier molecular flexibility index (Phi) is 8.50. The number of nitrogens with one attached hydrogen (secondary N) is 2. The van der Waals surface area contributed by atoms with Crippen LogP contribution in [0.1, 0.15) is 36.7 Å². The summed E-state index contributed by atoms with van der Waals surface area (Å²) in [6, 6.07) is 11.8. The van der Waals surface area contributed by atoms with Crippen LogP contribution in [-0.4, -0.2) is 44.3 Å². The van der Waals surface area contributed by atoms with E-state index >= 15 is 0 Å². The van der Waals surface area contributed by atoms with E-state index < -0.39 is 17.8 Å². The third-order valence-corrected chi connectivity index (χ3v) is 4.59. The Morgan fingerprint density at radius 1 is 1.06 bits per heavy atom. The topological polar surface area (TPSA) is 112 Å². The van der Waals surface area contributed by atoms with Crippen LogP contribution >= 0.6 is 0 Å². The summed E-state index contributed by atoms with van der Waals surface area (Å²) in [6.45, 7) is 6.19. The second-order valence-electron chi connectivity index (χ2n) is 7.95. The summed E-state index contributed by atoms with van der Waals surface area (Å²) in [7, 11) is 0. The molecule has 3 rings (SSSR count). The van der Waals surface area contributed by atoms with E-state index in [1.54, 1.807) is 42.5 Å². The number of amides is 2. The minimum Gasteiger partial charge on any atom is -0.493 e. The monoisotopic (exact) mass is 468 g/mol. The van der Waals surface area contributed by atoms with Gasteiger partial charge in [0.05, 0.1) is 13.2 Å². The fourth-order valence-electron chi connectivity index (χ4n) is 2.94. The lowest BCUT2D eigenvalue weighted by Crippen LogP contribution is -2.36. The zero-order valence-electron chi connectivity index (χ0n) is 19.4. The zero-order valence-corrected chi connectivity index (χ0v) is 19.4. The largest absolute Gasteiger partial charge is 0.493 e. The van der Waals surface area contributed by atoms with E-state index in [2.05, 4.69) is 10.6 Å². The molecule has 1 aliphatic rings. The highest BCUT2D eigenvalue weighted by atomic mass is 16.7. The summed E-state index contributed by atoms with van der Waals surface area (Å²) >= 11 is 0. The van der Waals surface area contributed by atoms with Crippen molar-refractivity contribution in [3.05, 3.63) is 59.3 Å². The average molecular weight is 469 g/mol. The van der Waals surface area contributed by atoms with Gasteiger partial charge in [0.1, 0.15) is 18.1 Å². The van der Waals surface area contributed by atoms with Gasteiger partial charge in [0.15, 0.2) is 11.5 Å². The van der Waals surface area contributed by atoms with E-state index in [0.717, 1.165) is 0 Å². The van der Waals surface area contributed by atoms with Crippen LogP contribution in [0.25, 0.3) is 6.08 Å². The number of rotatable bonds is 10. The summed E-state index contributed by atoms with van der Waals surface area (Å²) in [5, 5.41) is 5.29. The molecule has 0 aliphatic carbocycles.